The number of rotatable bonds is 7. The standard InChI is InChI=1S/C12H26N2O3S/c1-3-6-12(4-2)13-18(16,17)14-8-5-7-11(9-14)10-15/h11-13,15H,3-10H2,1-2H3. The molecule has 2 atom stereocenters. The Balaban J connectivity index is 2.61. The van der Waals surface area contributed by atoms with Crippen LogP contribution in [0.4, 0.5) is 0 Å². The van der Waals surface area contributed by atoms with Crippen LogP contribution in [0.3, 0.4) is 0 Å². The minimum absolute atomic E-state index is 0.0227. The van der Waals surface area contributed by atoms with Gasteiger partial charge in [-0.3, -0.25) is 0 Å². The van der Waals surface area contributed by atoms with Gasteiger partial charge in [-0.25, -0.2) is 0 Å². The molecular formula is C12H26N2O3S. The Morgan fingerprint density at radius 1 is 1.44 bits per heavy atom. The van der Waals surface area contributed by atoms with Crippen molar-refractivity contribution in [1.82, 2.24) is 9.03 Å². The van der Waals surface area contributed by atoms with Gasteiger partial charge in [0, 0.05) is 25.7 Å². The third-order valence-corrected chi connectivity index (χ3v) is 5.17. The molecule has 0 aliphatic carbocycles. The summed E-state index contributed by atoms with van der Waals surface area (Å²) in [6.07, 6.45) is 4.39. The van der Waals surface area contributed by atoms with Crippen LogP contribution >= 0.6 is 0 Å². The molecule has 0 radical (unpaired) electrons. The second-order valence-electron chi connectivity index (χ2n) is 5.07. The molecule has 2 N–H and O–H groups in total. The number of hydrogen-bond acceptors (Lipinski definition) is 3. The first-order valence-corrected chi connectivity index (χ1v) is 8.35. The Morgan fingerprint density at radius 3 is 2.72 bits per heavy atom. The first-order chi connectivity index (χ1) is 8.53. The molecule has 1 saturated heterocycles. The number of aliphatic hydroxyl groups excluding tert-OH is 1. The summed E-state index contributed by atoms with van der Waals surface area (Å²) in [5.74, 6) is 0.0848. The largest absolute Gasteiger partial charge is 0.396 e. The maximum Gasteiger partial charge on any atom is 0.279 e. The predicted molar refractivity (Wildman–Crippen MR) is 72.4 cm³/mol. The third-order valence-electron chi connectivity index (χ3n) is 3.53. The van der Waals surface area contributed by atoms with Crippen molar-refractivity contribution in [3.8, 4) is 0 Å². The van der Waals surface area contributed by atoms with Crippen molar-refractivity contribution in [2.45, 2.75) is 52.0 Å². The smallest absolute Gasteiger partial charge is 0.279 e. The van der Waals surface area contributed by atoms with E-state index in [0.717, 1.165) is 32.1 Å². The Morgan fingerprint density at radius 2 is 2.17 bits per heavy atom. The molecule has 0 aromatic heterocycles. The quantitative estimate of drug-likeness (QED) is 0.733. The summed E-state index contributed by atoms with van der Waals surface area (Å²) in [5.41, 5.74) is 0. The van der Waals surface area contributed by atoms with Gasteiger partial charge in [0.15, 0.2) is 0 Å². The van der Waals surface area contributed by atoms with Crippen molar-refractivity contribution in [3.05, 3.63) is 0 Å². The fraction of sp³-hybridized carbons (Fsp3) is 1.00. The van der Waals surface area contributed by atoms with Gasteiger partial charge in [-0.2, -0.15) is 17.4 Å². The van der Waals surface area contributed by atoms with Crippen LogP contribution in [0.5, 0.6) is 0 Å². The lowest BCUT2D eigenvalue weighted by molar-refractivity contribution is 0.164. The summed E-state index contributed by atoms with van der Waals surface area (Å²) >= 11 is 0. The third kappa shape index (κ3) is 4.50. The van der Waals surface area contributed by atoms with Gasteiger partial charge in [0.25, 0.3) is 10.2 Å². The van der Waals surface area contributed by atoms with E-state index >= 15 is 0 Å². The number of piperidine rings is 1. The summed E-state index contributed by atoms with van der Waals surface area (Å²) in [4.78, 5) is 0. The van der Waals surface area contributed by atoms with Gasteiger partial charge in [0.2, 0.25) is 0 Å². The van der Waals surface area contributed by atoms with Crippen molar-refractivity contribution in [2.24, 2.45) is 5.92 Å². The van der Waals surface area contributed by atoms with Gasteiger partial charge >= 0.3 is 0 Å². The van der Waals surface area contributed by atoms with Crippen LogP contribution in [0.2, 0.25) is 0 Å². The summed E-state index contributed by atoms with van der Waals surface area (Å²) < 4.78 is 28.7. The van der Waals surface area contributed by atoms with Crippen LogP contribution < -0.4 is 4.72 Å². The molecule has 0 aromatic rings. The zero-order valence-corrected chi connectivity index (χ0v) is 12.2. The molecule has 1 fully saturated rings. The van der Waals surface area contributed by atoms with Gasteiger partial charge < -0.3 is 5.11 Å². The summed E-state index contributed by atoms with van der Waals surface area (Å²) in [5, 5.41) is 9.14. The first-order valence-electron chi connectivity index (χ1n) is 6.91. The average Bonchev–Trinajstić information content (AvgIpc) is 2.38. The second-order valence-corrected chi connectivity index (χ2v) is 6.77. The minimum Gasteiger partial charge on any atom is -0.396 e. The molecule has 2 unspecified atom stereocenters. The molecule has 18 heavy (non-hydrogen) atoms. The number of nitrogens with zero attached hydrogens (tertiary/aromatic N) is 1. The number of hydrogen-bond donors (Lipinski definition) is 2. The highest BCUT2D eigenvalue weighted by atomic mass is 32.2. The van der Waals surface area contributed by atoms with Crippen LogP contribution in [0.25, 0.3) is 0 Å². The second kappa shape index (κ2) is 7.43. The molecular weight excluding hydrogens is 252 g/mol. The molecule has 0 saturated carbocycles. The lowest BCUT2D eigenvalue weighted by Gasteiger charge is -2.32. The van der Waals surface area contributed by atoms with Crippen molar-refractivity contribution < 1.29 is 13.5 Å². The normalized spacial score (nSPS) is 24.1. The van der Waals surface area contributed by atoms with E-state index in [1.54, 1.807) is 0 Å². The average molecular weight is 278 g/mol. The van der Waals surface area contributed by atoms with Gasteiger partial charge in [-0.15, -0.1) is 0 Å². The van der Waals surface area contributed by atoms with E-state index in [1.165, 1.54) is 4.31 Å². The molecule has 1 aliphatic rings. The molecule has 1 rings (SSSR count). The highest BCUT2D eigenvalue weighted by molar-refractivity contribution is 7.87. The van der Waals surface area contributed by atoms with Gasteiger partial charge in [0.1, 0.15) is 0 Å². The maximum absolute atomic E-state index is 12.2. The molecule has 6 heteroatoms. The van der Waals surface area contributed by atoms with Gasteiger partial charge in [-0.05, 0) is 31.6 Å². The van der Waals surface area contributed by atoms with Crippen molar-refractivity contribution in [1.29, 1.82) is 0 Å². The van der Waals surface area contributed by atoms with Crippen LogP contribution in [0.15, 0.2) is 0 Å². The first kappa shape index (κ1) is 15.9. The van der Waals surface area contributed by atoms with Crippen LogP contribution in [-0.2, 0) is 10.2 Å². The zero-order valence-electron chi connectivity index (χ0n) is 11.4. The molecule has 1 heterocycles. The molecule has 5 nitrogen and oxygen atoms in total. The van der Waals surface area contributed by atoms with E-state index in [9.17, 15) is 8.42 Å². The predicted octanol–water partition coefficient (Wildman–Crippen LogP) is 1.10. The SMILES string of the molecule is CCCC(CC)NS(=O)(=O)N1CCCC(CO)C1. The van der Waals surface area contributed by atoms with E-state index in [2.05, 4.69) is 11.6 Å². The molecule has 0 aromatic carbocycles. The highest BCUT2D eigenvalue weighted by Crippen LogP contribution is 2.18. The van der Waals surface area contributed by atoms with Crippen LogP contribution in [0, 0.1) is 5.92 Å². The Labute approximate surface area is 111 Å². The molecule has 1 aliphatic heterocycles. The molecule has 0 amide bonds. The number of nitrogens with one attached hydrogen (secondary N) is 1. The van der Waals surface area contributed by atoms with E-state index < -0.39 is 10.2 Å². The lowest BCUT2D eigenvalue weighted by atomic mass is 10.0. The van der Waals surface area contributed by atoms with Gasteiger partial charge in [-0.1, -0.05) is 20.3 Å². The van der Waals surface area contributed by atoms with Crippen molar-refractivity contribution in [2.75, 3.05) is 19.7 Å². The summed E-state index contributed by atoms with van der Waals surface area (Å²) in [6.45, 7) is 5.12. The van der Waals surface area contributed by atoms with E-state index in [1.807, 2.05) is 6.92 Å². The van der Waals surface area contributed by atoms with E-state index in [0.29, 0.717) is 13.1 Å². The molecule has 108 valence electrons. The summed E-state index contributed by atoms with van der Waals surface area (Å²) in [7, 11) is -3.39. The zero-order chi connectivity index (χ0) is 13.6. The van der Waals surface area contributed by atoms with Crippen LogP contribution in [0.1, 0.15) is 46.0 Å². The summed E-state index contributed by atoms with van der Waals surface area (Å²) in [6, 6.07) is 0.0227. The topological polar surface area (TPSA) is 69.6 Å². The fourth-order valence-electron chi connectivity index (χ4n) is 2.37. The highest BCUT2D eigenvalue weighted by Gasteiger charge is 2.29. The van der Waals surface area contributed by atoms with Gasteiger partial charge in [0.05, 0.1) is 0 Å². The lowest BCUT2D eigenvalue weighted by Crippen LogP contribution is -2.49. The van der Waals surface area contributed by atoms with Crippen LogP contribution in [-0.4, -0.2) is 43.6 Å². The fourth-order valence-corrected chi connectivity index (χ4v) is 4.01. The Bertz CT molecular complexity index is 332. The van der Waals surface area contributed by atoms with E-state index in [-0.39, 0.29) is 18.6 Å². The van der Waals surface area contributed by atoms with Crippen molar-refractivity contribution >= 4 is 10.2 Å². The molecule has 0 spiro atoms. The monoisotopic (exact) mass is 278 g/mol. The Hall–Kier alpha value is -0.170. The Kier molecular flexibility index (Phi) is 6.55. The van der Waals surface area contributed by atoms with E-state index in [4.69, 9.17) is 5.11 Å². The number of aliphatic hydroxyl groups is 1. The minimum atomic E-state index is -3.39. The van der Waals surface area contributed by atoms with Crippen molar-refractivity contribution in [3.63, 3.8) is 0 Å². The molecule has 0 bridgehead atoms. The maximum atomic E-state index is 12.2.